The van der Waals surface area contributed by atoms with Gasteiger partial charge < -0.3 is 9.64 Å². The van der Waals surface area contributed by atoms with Crippen LogP contribution >= 0.6 is 0 Å². The number of hydrogen-bond donors (Lipinski definition) is 0. The van der Waals surface area contributed by atoms with Crippen LogP contribution in [0.3, 0.4) is 0 Å². The molecule has 35 heavy (non-hydrogen) atoms. The van der Waals surface area contributed by atoms with Crippen molar-refractivity contribution in [2.75, 3.05) is 18.0 Å². The van der Waals surface area contributed by atoms with E-state index in [9.17, 15) is 13.6 Å². The van der Waals surface area contributed by atoms with E-state index < -0.39 is 11.6 Å². The highest BCUT2D eigenvalue weighted by Crippen LogP contribution is 2.36. The number of rotatable bonds is 4. The number of halogens is 2. The number of anilines is 1. The zero-order valence-corrected chi connectivity index (χ0v) is 19.4. The zero-order chi connectivity index (χ0) is 24.3. The lowest BCUT2D eigenvalue weighted by Crippen LogP contribution is -2.43. The van der Waals surface area contributed by atoms with Crippen LogP contribution in [0.5, 0.6) is 0 Å². The van der Waals surface area contributed by atoms with Crippen molar-refractivity contribution in [2.45, 2.75) is 38.0 Å². The van der Waals surface area contributed by atoms with Crippen LogP contribution in [0.1, 0.15) is 37.5 Å². The first-order chi connectivity index (χ1) is 16.9. The molecule has 2 aliphatic rings. The molecule has 1 aromatic carbocycles. The molecule has 1 saturated carbocycles. The molecule has 2 unspecified atom stereocenters. The van der Waals surface area contributed by atoms with E-state index in [-0.39, 0.29) is 29.0 Å². The molecular formula is C25H24F2N6O2. The minimum atomic E-state index is -0.752. The summed E-state index contributed by atoms with van der Waals surface area (Å²) in [5.74, 6) is -0.913. The molecule has 6 rings (SSSR count). The van der Waals surface area contributed by atoms with Gasteiger partial charge in [-0.2, -0.15) is 10.2 Å². The summed E-state index contributed by atoms with van der Waals surface area (Å²) in [5, 5.41) is 9.35. The molecule has 10 heteroatoms. The lowest BCUT2D eigenvalue weighted by Gasteiger charge is -2.37. The lowest BCUT2D eigenvalue weighted by atomic mass is 10.0. The largest absolute Gasteiger partial charge is 0.367 e. The molecule has 1 aliphatic carbocycles. The Kier molecular flexibility index (Phi) is 5.14. The summed E-state index contributed by atoms with van der Waals surface area (Å²) in [5.41, 5.74) is 1.02. The molecular weight excluding hydrogens is 454 g/mol. The molecule has 4 heterocycles. The van der Waals surface area contributed by atoms with E-state index in [0.717, 1.165) is 24.5 Å². The first-order valence-electron chi connectivity index (χ1n) is 11.6. The number of aromatic nitrogens is 5. The molecule has 0 spiro atoms. The minimum Gasteiger partial charge on any atom is -0.367 e. The van der Waals surface area contributed by atoms with Crippen molar-refractivity contribution >= 4 is 16.6 Å². The van der Waals surface area contributed by atoms with Gasteiger partial charge >= 0.3 is 0 Å². The van der Waals surface area contributed by atoms with E-state index in [1.165, 1.54) is 23.0 Å². The number of pyridine rings is 1. The predicted octanol–water partition coefficient (Wildman–Crippen LogP) is 3.77. The molecule has 1 saturated heterocycles. The van der Waals surface area contributed by atoms with Gasteiger partial charge in [0.05, 0.1) is 42.2 Å². The molecule has 0 bridgehead atoms. The smallest absolute Gasteiger partial charge is 0.274 e. The average molecular weight is 479 g/mol. The Balaban J connectivity index is 1.45. The Morgan fingerprint density at radius 3 is 2.66 bits per heavy atom. The van der Waals surface area contributed by atoms with Crippen LogP contribution in [0, 0.1) is 11.6 Å². The van der Waals surface area contributed by atoms with E-state index in [1.807, 2.05) is 28.9 Å². The highest BCUT2D eigenvalue weighted by Gasteiger charge is 2.31. The second-order valence-corrected chi connectivity index (χ2v) is 9.31. The zero-order valence-electron chi connectivity index (χ0n) is 19.4. The SMILES string of the molecule is CC1CN(c2cc3c(=O)n(C)ncc3c(-c3ccc(F)cc3F)n2)CC(c2cnn(C3CC3)c2)O1. The Morgan fingerprint density at radius 2 is 1.89 bits per heavy atom. The quantitative estimate of drug-likeness (QED) is 0.444. The molecule has 1 aliphatic heterocycles. The van der Waals surface area contributed by atoms with Crippen LogP contribution in [0.4, 0.5) is 14.6 Å². The Hall–Kier alpha value is -3.66. The van der Waals surface area contributed by atoms with Crippen molar-refractivity contribution in [2.24, 2.45) is 7.05 Å². The van der Waals surface area contributed by atoms with Gasteiger partial charge in [0, 0.05) is 42.4 Å². The minimum absolute atomic E-state index is 0.108. The Labute approximate surface area is 199 Å². The second-order valence-electron chi connectivity index (χ2n) is 9.31. The highest BCUT2D eigenvalue weighted by molar-refractivity contribution is 5.95. The fraction of sp³-hybridized carbons (Fsp3) is 0.360. The van der Waals surface area contributed by atoms with Gasteiger partial charge in [-0.1, -0.05) is 0 Å². The molecule has 3 aromatic heterocycles. The van der Waals surface area contributed by atoms with Crippen molar-refractivity contribution in [1.82, 2.24) is 24.5 Å². The predicted molar refractivity (Wildman–Crippen MR) is 126 cm³/mol. The van der Waals surface area contributed by atoms with Crippen LogP contribution in [0.15, 0.2) is 47.7 Å². The van der Waals surface area contributed by atoms with Crippen LogP contribution in [-0.2, 0) is 11.8 Å². The fourth-order valence-corrected chi connectivity index (χ4v) is 4.65. The molecule has 8 nitrogen and oxygen atoms in total. The number of aryl methyl sites for hydroxylation is 1. The van der Waals surface area contributed by atoms with Crippen LogP contribution in [0.2, 0.25) is 0 Å². The summed E-state index contributed by atoms with van der Waals surface area (Å²) in [6.07, 6.45) is 7.31. The van der Waals surface area contributed by atoms with E-state index in [2.05, 4.69) is 10.2 Å². The van der Waals surface area contributed by atoms with Crippen molar-refractivity contribution in [1.29, 1.82) is 0 Å². The van der Waals surface area contributed by atoms with Crippen molar-refractivity contribution in [3.8, 4) is 11.3 Å². The van der Waals surface area contributed by atoms with E-state index in [4.69, 9.17) is 9.72 Å². The van der Waals surface area contributed by atoms with Gasteiger partial charge in [-0.25, -0.2) is 18.4 Å². The average Bonchev–Trinajstić information content (AvgIpc) is 3.57. The van der Waals surface area contributed by atoms with Gasteiger partial charge in [0.1, 0.15) is 23.6 Å². The summed E-state index contributed by atoms with van der Waals surface area (Å²) in [7, 11) is 1.56. The maximum Gasteiger partial charge on any atom is 0.274 e. The molecule has 4 aromatic rings. The first-order valence-corrected chi connectivity index (χ1v) is 11.6. The summed E-state index contributed by atoms with van der Waals surface area (Å²) < 4.78 is 37.9. The summed E-state index contributed by atoms with van der Waals surface area (Å²) >= 11 is 0. The maximum atomic E-state index is 14.8. The standard InChI is InChI=1S/C25H24F2N6O2/c1-14-11-32(13-22(35-14)15-9-29-33(12-15)17-4-5-17)23-8-19-20(10-28-31(2)25(19)34)24(30-23)18-6-3-16(26)7-21(18)27/h3,6-10,12,14,17,22H,4-5,11,13H2,1-2H3. The molecule has 0 radical (unpaired) electrons. The number of fused-ring (bicyclic) bond motifs is 1. The molecule has 2 atom stereocenters. The van der Waals surface area contributed by atoms with Gasteiger partial charge in [-0.15, -0.1) is 0 Å². The van der Waals surface area contributed by atoms with Crippen molar-refractivity contribution in [3.63, 3.8) is 0 Å². The van der Waals surface area contributed by atoms with Crippen LogP contribution in [-0.4, -0.2) is 43.7 Å². The van der Waals surface area contributed by atoms with Crippen molar-refractivity contribution in [3.05, 3.63) is 70.4 Å². The molecule has 2 fully saturated rings. The summed E-state index contributed by atoms with van der Waals surface area (Å²) in [6.45, 7) is 3.02. The number of hydrogen-bond acceptors (Lipinski definition) is 6. The van der Waals surface area contributed by atoms with Gasteiger partial charge in [-0.05, 0) is 38.0 Å². The Morgan fingerprint density at radius 1 is 1.06 bits per heavy atom. The van der Waals surface area contributed by atoms with Gasteiger partial charge in [0.2, 0.25) is 0 Å². The normalized spacial score (nSPS) is 20.5. The highest BCUT2D eigenvalue weighted by atomic mass is 19.1. The third-order valence-corrected chi connectivity index (χ3v) is 6.61. The number of benzene rings is 1. The lowest BCUT2D eigenvalue weighted by molar-refractivity contribution is -0.0176. The summed E-state index contributed by atoms with van der Waals surface area (Å²) in [4.78, 5) is 19.8. The van der Waals surface area contributed by atoms with Crippen LogP contribution in [0.25, 0.3) is 22.0 Å². The number of morpholine rings is 1. The van der Waals surface area contributed by atoms with Gasteiger partial charge in [-0.3, -0.25) is 9.48 Å². The van der Waals surface area contributed by atoms with Crippen LogP contribution < -0.4 is 10.5 Å². The van der Waals surface area contributed by atoms with Gasteiger partial charge in [0.15, 0.2) is 0 Å². The van der Waals surface area contributed by atoms with E-state index >= 15 is 0 Å². The first kappa shape index (κ1) is 21.8. The molecule has 180 valence electrons. The van der Waals surface area contributed by atoms with E-state index in [1.54, 1.807) is 13.1 Å². The fourth-order valence-electron chi connectivity index (χ4n) is 4.65. The monoisotopic (exact) mass is 478 g/mol. The molecule has 0 N–H and O–H groups in total. The van der Waals surface area contributed by atoms with Gasteiger partial charge in [0.25, 0.3) is 5.56 Å². The topological polar surface area (TPSA) is 78.1 Å². The number of ether oxygens (including phenoxy) is 1. The third kappa shape index (κ3) is 3.97. The Bertz CT molecular complexity index is 1500. The summed E-state index contributed by atoms with van der Waals surface area (Å²) in [6, 6.07) is 5.52. The molecule has 0 amide bonds. The van der Waals surface area contributed by atoms with E-state index in [0.29, 0.717) is 35.7 Å². The van der Waals surface area contributed by atoms with Crippen molar-refractivity contribution < 1.29 is 13.5 Å². The maximum absolute atomic E-state index is 14.8. The third-order valence-electron chi connectivity index (χ3n) is 6.61. The number of nitrogens with zero attached hydrogens (tertiary/aromatic N) is 6. The second kappa shape index (κ2) is 8.23.